The number of hydrogen-bond acceptors (Lipinski definition) is 1. The Bertz CT molecular complexity index is 674. The largest absolute Gasteiger partial charge is 0.303 e. The molecule has 1 aliphatic heterocycles. The number of amides is 1. The lowest BCUT2D eigenvalue weighted by Crippen LogP contribution is -2.61. The van der Waals surface area contributed by atoms with E-state index < -0.39 is 5.41 Å². The van der Waals surface area contributed by atoms with Gasteiger partial charge in [0.1, 0.15) is 0 Å². The molecule has 0 spiro atoms. The third-order valence-electron chi connectivity index (χ3n) is 4.36. The second-order valence-corrected chi connectivity index (χ2v) is 5.81. The third-order valence-corrected chi connectivity index (χ3v) is 4.36. The second-order valence-electron chi connectivity index (χ2n) is 5.81. The predicted octanol–water partition coefficient (Wildman–Crippen LogP) is 4.28. The summed E-state index contributed by atoms with van der Waals surface area (Å²) in [5.74, 6) is 0.107. The Balaban J connectivity index is 2.05. The Morgan fingerprint density at radius 2 is 1.71 bits per heavy atom. The summed E-state index contributed by atoms with van der Waals surface area (Å²) in [6, 6.07) is 18.2. The average Bonchev–Trinajstić information content (AvgIpc) is 2.53. The summed E-state index contributed by atoms with van der Waals surface area (Å²) in [5.41, 5.74) is 2.74. The van der Waals surface area contributed by atoms with Gasteiger partial charge in [-0.05, 0) is 31.5 Å². The van der Waals surface area contributed by atoms with Crippen LogP contribution in [0.3, 0.4) is 0 Å². The van der Waals surface area contributed by atoms with E-state index in [1.807, 2.05) is 61.2 Å². The number of nitrogens with zero attached hydrogens (tertiary/aromatic N) is 1. The summed E-state index contributed by atoms with van der Waals surface area (Å²) in [7, 11) is 0. The van der Waals surface area contributed by atoms with E-state index in [9.17, 15) is 4.79 Å². The number of β-lactam (4-membered cyclic amide) rings is 1. The topological polar surface area (TPSA) is 20.3 Å². The quantitative estimate of drug-likeness (QED) is 0.606. The molecule has 3 rings (SSSR count). The number of anilines is 1. The highest BCUT2D eigenvalue weighted by Gasteiger charge is 2.56. The van der Waals surface area contributed by atoms with Crippen LogP contribution in [-0.2, 0) is 4.79 Å². The molecule has 2 aromatic rings. The number of carbonyl (C=O) groups is 1. The molecule has 1 fully saturated rings. The molecule has 21 heavy (non-hydrogen) atoms. The fraction of sp³-hybridized carbons (Fsp3) is 0.211. The Hall–Kier alpha value is -2.35. The van der Waals surface area contributed by atoms with Crippen LogP contribution in [0.5, 0.6) is 0 Å². The normalized spacial score (nSPS) is 24.6. The monoisotopic (exact) mass is 277 g/mol. The molecule has 1 heterocycles. The van der Waals surface area contributed by atoms with Gasteiger partial charge in [-0.15, -0.1) is 6.58 Å². The van der Waals surface area contributed by atoms with Crippen molar-refractivity contribution in [1.82, 2.24) is 0 Å². The molecular weight excluding hydrogens is 258 g/mol. The summed E-state index contributed by atoms with van der Waals surface area (Å²) < 4.78 is 0. The summed E-state index contributed by atoms with van der Waals surface area (Å²) in [6.07, 6.45) is 1.78. The number of rotatable bonds is 3. The van der Waals surface area contributed by atoms with Gasteiger partial charge in [-0.2, -0.15) is 0 Å². The molecule has 1 aliphatic rings. The summed E-state index contributed by atoms with van der Waals surface area (Å²) in [5, 5.41) is 0. The maximum absolute atomic E-state index is 12.6. The molecule has 1 amide bonds. The molecule has 0 bridgehead atoms. The summed E-state index contributed by atoms with van der Waals surface area (Å²) in [4.78, 5) is 14.5. The van der Waals surface area contributed by atoms with E-state index in [1.165, 1.54) is 5.56 Å². The fourth-order valence-corrected chi connectivity index (χ4v) is 3.00. The molecule has 2 heteroatoms. The minimum atomic E-state index is -0.535. The zero-order chi connectivity index (χ0) is 15.0. The first kappa shape index (κ1) is 13.6. The van der Waals surface area contributed by atoms with Gasteiger partial charge >= 0.3 is 0 Å². The minimum absolute atomic E-state index is 0.00593. The highest BCUT2D eigenvalue weighted by molar-refractivity contribution is 6.07. The first-order chi connectivity index (χ1) is 10.1. The van der Waals surface area contributed by atoms with Crippen molar-refractivity contribution in [2.45, 2.75) is 19.9 Å². The molecule has 2 aromatic carbocycles. The molecule has 0 N–H and O–H groups in total. The molecule has 0 aliphatic carbocycles. The van der Waals surface area contributed by atoms with Crippen molar-refractivity contribution in [1.29, 1.82) is 0 Å². The van der Waals surface area contributed by atoms with Gasteiger partial charge in [0.2, 0.25) is 5.91 Å². The average molecular weight is 277 g/mol. The van der Waals surface area contributed by atoms with Crippen LogP contribution >= 0.6 is 0 Å². The van der Waals surface area contributed by atoms with Crippen LogP contribution in [0.15, 0.2) is 67.3 Å². The molecular formula is C19H19NO. The second kappa shape index (κ2) is 4.88. The zero-order valence-corrected chi connectivity index (χ0v) is 12.4. The minimum Gasteiger partial charge on any atom is -0.303 e. The van der Waals surface area contributed by atoms with E-state index in [0.717, 1.165) is 11.3 Å². The standard InChI is InChI=1S/C19H19NO/c1-4-19(3)17(15-8-6-5-7-9-15)20(18(19)21)16-12-10-14(2)11-13-16/h4-13,17H,1H2,2-3H3. The first-order valence-electron chi connectivity index (χ1n) is 7.17. The molecule has 0 radical (unpaired) electrons. The zero-order valence-electron chi connectivity index (χ0n) is 12.4. The SMILES string of the molecule is C=CC1(C)C(=O)N(c2ccc(C)cc2)C1c1ccccc1. The molecule has 2 nitrogen and oxygen atoms in total. The predicted molar refractivity (Wildman–Crippen MR) is 86.2 cm³/mol. The van der Waals surface area contributed by atoms with E-state index in [0.29, 0.717) is 0 Å². The number of carbonyl (C=O) groups excluding carboxylic acids is 1. The van der Waals surface area contributed by atoms with E-state index >= 15 is 0 Å². The lowest BCUT2D eigenvalue weighted by atomic mass is 9.69. The van der Waals surface area contributed by atoms with Gasteiger partial charge in [0.15, 0.2) is 0 Å². The van der Waals surface area contributed by atoms with E-state index in [1.54, 1.807) is 6.08 Å². The Morgan fingerprint density at radius 3 is 2.29 bits per heavy atom. The molecule has 0 aromatic heterocycles. The van der Waals surface area contributed by atoms with E-state index in [2.05, 4.69) is 18.7 Å². The van der Waals surface area contributed by atoms with Gasteiger partial charge in [-0.1, -0.05) is 54.1 Å². The van der Waals surface area contributed by atoms with Crippen LogP contribution < -0.4 is 4.90 Å². The lowest BCUT2D eigenvalue weighted by Gasteiger charge is -2.53. The van der Waals surface area contributed by atoms with Crippen molar-refractivity contribution in [3.05, 3.63) is 78.4 Å². The van der Waals surface area contributed by atoms with Crippen LogP contribution in [0.1, 0.15) is 24.1 Å². The van der Waals surface area contributed by atoms with Crippen LogP contribution in [-0.4, -0.2) is 5.91 Å². The van der Waals surface area contributed by atoms with Crippen LogP contribution in [0.2, 0.25) is 0 Å². The van der Waals surface area contributed by atoms with Crippen molar-refractivity contribution in [3.8, 4) is 0 Å². The molecule has 106 valence electrons. The summed E-state index contributed by atoms with van der Waals surface area (Å²) in [6.45, 7) is 7.88. The molecule has 1 saturated heterocycles. The van der Waals surface area contributed by atoms with Gasteiger partial charge in [0.05, 0.1) is 11.5 Å². The van der Waals surface area contributed by atoms with Crippen molar-refractivity contribution < 1.29 is 4.79 Å². The number of hydrogen-bond donors (Lipinski definition) is 0. The Labute approximate surface area is 125 Å². The maximum Gasteiger partial charge on any atom is 0.239 e. The van der Waals surface area contributed by atoms with Gasteiger partial charge in [0.25, 0.3) is 0 Å². The van der Waals surface area contributed by atoms with Gasteiger partial charge in [-0.25, -0.2) is 0 Å². The molecule has 2 atom stereocenters. The summed E-state index contributed by atoms with van der Waals surface area (Å²) >= 11 is 0. The van der Waals surface area contributed by atoms with Crippen molar-refractivity contribution in [2.24, 2.45) is 5.41 Å². The highest BCUT2D eigenvalue weighted by Crippen LogP contribution is 2.52. The molecule has 2 unspecified atom stereocenters. The third kappa shape index (κ3) is 1.99. The van der Waals surface area contributed by atoms with Gasteiger partial charge in [0, 0.05) is 5.69 Å². The Kier molecular flexibility index (Phi) is 3.17. The van der Waals surface area contributed by atoms with Crippen molar-refractivity contribution >= 4 is 11.6 Å². The first-order valence-corrected chi connectivity index (χ1v) is 7.17. The highest BCUT2D eigenvalue weighted by atomic mass is 16.2. The number of benzene rings is 2. The van der Waals surface area contributed by atoms with Crippen LogP contribution in [0.25, 0.3) is 0 Å². The van der Waals surface area contributed by atoms with E-state index in [-0.39, 0.29) is 11.9 Å². The molecule has 0 saturated carbocycles. The van der Waals surface area contributed by atoms with Crippen molar-refractivity contribution in [2.75, 3.05) is 4.90 Å². The van der Waals surface area contributed by atoms with Crippen LogP contribution in [0.4, 0.5) is 5.69 Å². The lowest BCUT2D eigenvalue weighted by molar-refractivity contribution is -0.134. The fourth-order valence-electron chi connectivity index (χ4n) is 3.00. The maximum atomic E-state index is 12.6. The Morgan fingerprint density at radius 1 is 1.10 bits per heavy atom. The van der Waals surface area contributed by atoms with E-state index in [4.69, 9.17) is 0 Å². The smallest absolute Gasteiger partial charge is 0.239 e. The number of aryl methyl sites for hydroxylation is 1. The van der Waals surface area contributed by atoms with Crippen LogP contribution in [0, 0.1) is 12.3 Å². The van der Waals surface area contributed by atoms with Gasteiger partial charge < -0.3 is 4.90 Å². The van der Waals surface area contributed by atoms with Gasteiger partial charge in [-0.3, -0.25) is 4.79 Å². The van der Waals surface area contributed by atoms with Crippen molar-refractivity contribution in [3.63, 3.8) is 0 Å².